The number of ketones is 1. The summed E-state index contributed by atoms with van der Waals surface area (Å²) in [5.74, 6) is -0.178. The summed E-state index contributed by atoms with van der Waals surface area (Å²) in [7, 11) is 0. The van der Waals surface area contributed by atoms with Gasteiger partial charge in [-0.3, -0.25) is 4.79 Å². The first kappa shape index (κ1) is 11.4. The fourth-order valence-electron chi connectivity index (χ4n) is 2.25. The zero-order chi connectivity index (χ0) is 13.6. The number of fused-ring (bicyclic) bond motifs is 3. The summed E-state index contributed by atoms with van der Waals surface area (Å²) < 4.78 is 0.980. The molecule has 0 amide bonds. The summed E-state index contributed by atoms with van der Waals surface area (Å²) >= 11 is 1.38. The molecule has 19 heavy (non-hydrogen) atoms. The van der Waals surface area contributed by atoms with Crippen molar-refractivity contribution in [1.82, 2.24) is 0 Å². The Morgan fingerprint density at radius 2 is 2.16 bits per heavy atom. The van der Waals surface area contributed by atoms with Crippen LogP contribution in [0.2, 0.25) is 0 Å². The minimum absolute atomic E-state index is 0.0688. The Kier molecular flexibility index (Phi) is 2.35. The van der Waals surface area contributed by atoms with Gasteiger partial charge in [-0.1, -0.05) is 24.8 Å². The third-order valence-electron chi connectivity index (χ3n) is 3.08. The van der Waals surface area contributed by atoms with Crippen molar-refractivity contribution in [2.24, 2.45) is 0 Å². The molecular weight excluding hydrogens is 256 g/mol. The third kappa shape index (κ3) is 1.38. The number of nitriles is 1. The highest BCUT2D eigenvalue weighted by molar-refractivity contribution is 7.21. The van der Waals surface area contributed by atoms with E-state index in [1.165, 1.54) is 11.3 Å². The molecule has 3 nitrogen and oxygen atoms in total. The average molecular weight is 262 g/mol. The number of hydrogen-bond acceptors (Lipinski definition) is 3. The van der Waals surface area contributed by atoms with Crippen LogP contribution in [0.25, 0.3) is 20.5 Å². The number of allylic oxidation sites excluding steroid dienone is 3. The first-order valence-corrected chi connectivity index (χ1v) is 6.28. The second-order valence-corrected chi connectivity index (χ2v) is 5.11. The van der Waals surface area contributed by atoms with Gasteiger partial charge >= 0.3 is 0 Å². The van der Waals surface area contributed by atoms with Gasteiger partial charge in [-0.2, -0.15) is 0 Å². The second-order valence-electron chi connectivity index (χ2n) is 4.06. The number of hydrogen-bond donors (Lipinski definition) is 0. The van der Waals surface area contributed by atoms with Gasteiger partial charge in [0.15, 0.2) is 0 Å². The maximum absolute atomic E-state index is 12.2. The summed E-state index contributed by atoms with van der Waals surface area (Å²) in [5.41, 5.74) is 1.28. The molecule has 0 saturated carbocycles. The average Bonchev–Trinajstić information content (AvgIpc) is 2.91. The number of nitrogens with zero attached hydrogens (tertiary/aromatic N) is 2. The van der Waals surface area contributed by atoms with Gasteiger partial charge in [0, 0.05) is 21.4 Å². The standard InChI is InChI=1S/C15H6N2OS/c1-8-12(10(7-16)17-2)13-9-5-3-4-6-11(9)19-15(13)14(8)18/h3-6H,1H2/b12-10+. The van der Waals surface area contributed by atoms with E-state index in [1.54, 1.807) is 0 Å². The molecule has 1 heterocycles. The van der Waals surface area contributed by atoms with Crippen LogP contribution in [0.15, 0.2) is 42.1 Å². The van der Waals surface area contributed by atoms with Crippen LogP contribution in [-0.4, -0.2) is 5.78 Å². The zero-order valence-corrected chi connectivity index (χ0v) is 10.5. The largest absolute Gasteiger partial charge is 0.288 e. The fourth-order valence-corrected chi connectivity index (χ4v) is 3.43. The van der Waals surface area contributed by atoms with Gasteiger partial charge in [0.25, 0.3) is 5.70 Å². The van der Waals surface area contributed by atoms with Crippen molar-refractivity contribution in [2.45, 2.75) is 0 Å². The number of benzene rings is 1. The van der Waals surface area contributed by atoms with E-state index in [9.17, 15) is 4.79 Å². The molecule has 0 fully saturated rings. The molecule has 0 saturated heterocycles. The summed E-state index contributed by atoms with van der Waals surface area (Å²) in [6.07, 6.45) is 0. The highest BCUT2D eigenvalue weighted by Gasteiger charge is 2.34. The fraction of sp³-hybridized carbons (Fsp3) is 0. The van der Waals surface area contributed by atoms with Crippen LogP contribution in [0.5, 0.6) is 0 Å². The molecule has 88 valence electrons. The molecular formula is C15H6N2OS. The van der Waals surface area contributed by atoms with Crippen LogP contribution >= 0.6 is 11.3 Å². The lowest BCUT2D eigenvalue weighted by Crippen LogP contribution is -1.92. The van der Waals surface area contributed by atoms with Crippen LogP contribution in [0.1, 0.15) is 15.2 Å². The van der Waals surface area contributed by atoms with Crippen LogP contribution in [0.3, 0.4) is 0 Å². The molecule has 4 heteroatoms. The summed E-state index contributed by atoms with van der Waals surface area (Å²) in [5, 5.41) is 9.96. The van der Waals surface area contributed by atoms with Gasteiger partial charge in [0.2, 0.25) is 5.78 Å². The predicted octanol–water partition coefficient (Wildman–Crippen LogP) is 3.81. The lowest BCUT2D eigenvalue weighted by atomic mass is 10.0. The molecule has 0 unspecified atom stereocenters. The molecule has 1 aromatic heterocycles. The Bertz CT molecular complexity index is 856. The topological polar surface area (TPSA) is 45.2 Å². The maximum Gasteiger partial charge on any atom is 0.270 e. The van der Waals surface area contributed by atoms with Crippen LogP contribution < -0.4 is 0 Å². The molecule has 0 aliphatic heterocycles. The summed E-state index contributed by atoms with van der Waals surface area (Å²) in [6, 6.07) is 9.46. The molecule has 0 bridgehead atoms. The van der Waals surface area contributed by atoms with Gasteiger partial charge in [-0.05, 0) is 11.5 Å². The minimum Gasteiger partial charge on any atom is -0.288 e. The van der Waals surface area contributed by atoms with Crippen molar-refractivity contribution in [3.63, 3.8) is 0 Å². The number of carbonyl (C=O) groups excluding carboxylic acids is 1. The predicted molar refractivity (Wildman–Crippen MR) is 74.4 cm³/mol. The Labute approximate surface area is 113 Å². The van der Waals surface area contributed by atoms with E-state index < -0.39 is 0 Å². The Morgan fingerprint density at radius 3 is 2.84 bits per heavy atom. The highest BCUT2D eigenvalue weighted by Crippen LogP contribution is 2.46. The number of thiophene rings is 1. The second kappa shape index (κ2) is 3.91. The van der Waals surface area contributed by atoms with Crippen molar-refractivity contribution in [3.05, 3.63) is 64.0 Å². The summed E-state index contributed by atoms with van der Waals surface area (Å²) in [6.45, 7) is 10.8. The molecule has 1 aliphatic rings. The van der Waals surface area contributed by atoms with Gasteiger partial charge in [0.1, 0.15) is 0 Å². The van der Waals surface area contributed by atoms with Crippen molar-refractivity contribution >= 4 is 32.8 Å². The van der Waals surface area contributed by atoms with Crippen molar-refractivity contribution in [3.8, 4) is 6.07 Å². The molecule has 0 N–H and O–H groups in total. The van der Waals surface area contributed by atoms with E-state index in [2.05, 4.69) is 11.4 Å². The molecule has 0 atom stereocenters. The molecule has 2 aromatic rings. The Balaban J connectivity index is 2.50. The number of Topliss-reactive ketones (excluding diaryl/α,β-unsaturated/α-hetero) is 1. The first-order valence-electron chi connectivity index (χ1n) is 5.46. The molecule has 1 aromatic carbocycles. The molecule has 0 spiro atoms. The van der Waals surface area contributed by atoms with E-state index in [4.69, 9.17) is 11.8 Å². The van der Waals surface area contributed by atoms with E-state index in [-0.39, 0.29) is 17.1 Å². The number of rotatable bonds is 0. The quantitative estimate of drug-likeness (QED) is 0.411. The van der Waals surface area contributed by atoms with Crippen LogP contribution in [0, 0.1) is 17.9 Å². The van der Waals surface area contributed by atoms with E-state index >= 15 is 0 Å². The molecule has 1 aliphatic carbocycles. The Morgan fingerprint density at radius 1 is 1.42 bits per heavy atom. The van der Waals surface area contributed by atoms with Crippen molar-refractivity contribution in [2.75, 3.05) is 0 Å². The van der Waals surface area contributed by atoms with Gasteiger partial charge in [0.05, 0.1) is 17.5 Å². The van der Waals surface area contributed by atoms with E-state index in [1.807, 2.05) is 30.3 Å². The van der Waals surface area contributed by atoms with Crippen molar-refractivity contribution < 1.29 is 4.79 Å². The normalized spacial score (nSPS) is 16.1. The monoisotopic (exact) mass is 262 g/mol. The van der Waals surface area contributed by atoms with Gasteiger partial charge < -0.3 is 0 Å². The van der Waals surface area contributed by atoms with Gasteiger partial charge in [-0.15, -0.1) is 11.3 Å². The third-order valence-corrected chi connectivity index (χ3v) is 4.25. The molecule has 0 radical (unpaired) electrons. The van der Waals surface area contributed by atoms with E-state index in [0.29, 0.717) is 16.0 Å². The minimum atomic E-state index is -0.178. The first-order chi connectivity index (χ1) is 9.19. The lowest BCUT2D eigenvalue weighted by molar-refractivity contribution is 0.104. The lowest BCUT2D eigenvalue weighted by Gasteiger charge is -2.00. The number of carbonyl (C=O) groups is 1. The summed E-state index contributed by atoms with van der Waals surface area (Å²) in [4.78, 5) is 16.0. The van der Waals surface area contributed by atoms with Gasteiger partial charge in [-0.25, -0.2) is 10.1 Å². The maximum atomic E-state index is 12.2. The van der Waals surface area contributed by atoms with Crippen LogP contribution in [-0.2, 0) is 0 Å². The smallest absolute Gasteiger partial charge is 0.270 e. The zero-order valence-electron chi connectivity index (χ0n) is 9.73. The highest BCUT2D eigenvalue weighted by atomic mass is 32.1. The van der Waals surface area contributed by atoms with Crippen molar-refractivity contribution in [1.29, 1.82) is 5.26 Å². The molecule has 3 rings (SSSR count). The van der Waals surface area contributed by atoms with Crippen LogP contribution in [0.4, 0.5) is 0 Å². The Hall–Kier alpha value is -2.69. The van der Waals surface area contributed by atoms with E-state index in [0.717, 1.165) is 10.1 Å². The SMILES string of the molecule is [C-]#[N+]/C(C#N)=C1\C(=C)C(=O)c2sc3ccccc3c21.